The van der Waals surface area contributed by atoms with Gasteiger partial charge in [-0.05, 0) is 83.0 Å². The topological polar surface area (TPSA) is 82.1 Å². The molecular formula is C23H21BrClNO6S. The summed E-state index contributed by atoms with van der Waals surface area (Å²) in [5.41, 5.74) is 1.57. The number of imide groups is 1. The molecule has 174 valence electrons. The van der Waals surface area contributed by atoms with E-state index in [1.807, 2.05) is 19.1 Å². The molecule has 0 radical (unpaired) electrons. The maximum atomic E-state index is 12.6. The number of carbonyl (C=O) groups is 3. The fourth-order valence-corrected chi connectivity index (χ4v) is 4.47. The van der Waals surface area contributed by atoms with Gasteiger partial charge < -0.3 is 14.2 Å². The van der Waals surface area contributed by atoms with Crippen LogP contribution in [0.4, 0.5) is 4.79 Å². The lowest BCUT2D eigenvalue weighted by Crippen LogP contribution is -2.34. The largest absolute Gasteiger partial charge is 0.490 e. The molecule has 1 saturated heterocycles. The van der Waals surface area contributed by atoms with Gasteiger partial charge in [-0.2, -0.15) is 0 Å². The highest BCUT2D eigenvalue weighted by molar-refractivity contribution is 9.10. The molecule has 7 nitrogen and oxygen atoms in total. The molecule has 0 unspecified atom stereocenters. The SMILES string of the molecule is CCOC(=O)CN1C(=O)S/C(=C/c2cc(Br)c(OCc3ccc(Cl)cc3)c(OCC)c2)C1=O. The third-order valence-corrected chi connectivity index (χ3v) is 6.14. The number of nitrogens with zero attached hydrogens (tertiary/aromatic N) is 1. The van der Waals surface area contributed by atoms with E-state index < -0.39 is 23.7 Å². The smallest absolute Gasteiger partial charge is 0.326 e. The molecule has 1 heterocycles. The van der Waals surface area contributed by atoms with Crippen molar-refractivity contribution in [2.24, 2.45) is 0 Å². The number of benzene rings is 2. The lowest BCUT2D eigenvalue weighted by atomic mass is 10.1. The van der Waals surface area contributed by atoms with E-state index in [4.69, 9.17) is 25.8 Å². The molecule has 0 atom stereocenters. The summed E-state index contributed by atoms with van der Waals surface area (Å²) in [6, 6.07) is 10.8. The predicted molar refractivity (Wildman–Crippen MR) is 130 cm³/mol. The highest BCUT2D eigenvalue weighted by Crippen LogP contribution is 2.39. The van der Waals surface area contributed by atoms with Crippen LogP contribution < -0.4 is 9.47 Å². The van der Waals surface area contributed by atoms with E-state index in [0.717, 1.165) is 22.2 Å². The first-order chi connectivity index (χ1) is 15.8. The lowest BCUT2D eigenvalue weighted by molar-refractivity contribution is -0.145. The molecule has 0 N–H and O–H groups in total. The van der Waals surface area contributed by atoms with Crippen LogP contribution in [0.25, 0.3) is 6.08 Å². The highest BCUT2D eigenvalue weighted by Gasteiger charge is 2.36. The fourth-order valence-electron chi connectivity index (χ4n) is 2.93. The Hall–Kier alpha value is -2.49. The molecular weight excluding hydrogens is 534 g/mol. The number of amides is 2. The molecule has 0 spiro atoms. The second kappa shape index (κ2) is 11.6. The number of esters is 1. The number of ether oxygens (including phenoxy) is 3. The summed E-state index contributed by atoms with van der Waals surface area (Å²) >= 11 is 10.2. The van der Waals surface area contributed by atoms with Gasteiger partial charge in [-0.15, -0.1) is 0 Å². The first-order valence-electron chi connectivity index (χ1n) is 10.1. The number of hydrogen-bond acceptors (Lipinski definition) is 7. The van der Waals surface area contributed by atoms with Crippen molar-refractivity contribution in [3.8, 4) is 11.5 Å². The van der Waals surface area contributed by atoms with Gasteiger partial charge in [0.2, 0.25) is 0 Å². The van der Waals surface area contributed by atoms with Crippen molar-refractivity contribution in [3.63, 3.8) is 0 Å². The van der Waals surface area contributed by atoms with Crippen molar-refractivity contribution in [1.82, 2.24) is 4.90 Å². The maximum absolute atomic E-state index is 12.6. The van der Waals surface area contributed by atoms with Crippen LogP contribution in [-0.2, 0) is 20.9 Å². The lowest BCUT2D eigenvalue weighted by Gasteiger charge is -2.15. The second-order valence-corrected chi connectivity index (χ2v) is 9.03. The molecule has 2 aromatic rings. The van der Waals surface area contributed by atoms with Gasteiger partial charge in [0, 0.05) is 5.02 Å². The molecule has 0 aliphatic carbocycles. The summed E-state index contributed by atoms with van der Waals surface area (Å²) in [6.45, 7) is 3.98. The van der Waals surface area contributed by atoms with Gasteiger partial charge in [0.25, 0.3) is 11.1 Å². The molecule has 1 aliphatic heterocycles. The van der Waals surface area contributed by atoms with Gasteiger partial charge in [-0.1, -0.05) is 23.7 Å². The monoisotopic (exact) mass is 553 g/mol. The second-order valence-electron chi connectivity index (χ2n) is 6.75. The quantitative estimate of drug-likeness (QED) is 0.291. The zero-order valence-corrected chi connectivity index (χ0v) is 21.1. The van der Waals surface area contributed by atoms with Crippen molar-refractivity contribution >= 4 is 62.5 Å². The first-order valence-corrected chi connectivity index (χ1v) is 12.1. The maximum Gasteiger partial charge on any atom is 0.326 e. The van der Waals surface area contributed by atoms with Crippen LogP contribution >= 0.6 is 39.3 Å². The average molecular weight is 555 g/mol. The van der Waals surface area contributed by atoms with E-state index in [2.05, 4.69) is 15.9 Å². The molecule has 1 aliphatic rings. The summed E-state index contributed by atoms with van der Waals surface area (Å²) in [6.07, 6.45) is 1.58. The summed E-state index contributed by atoms with van der Waals surface area (Å²) in [5.74, 6) is -0.183. The van der Waals surface area contributed by atoms with Gasteiger partial charge in [0.05, 0.1) is 22.6 Å². The van der Waals surface area contributed by atoms with Crippen molar-refractivity contribution in [2.45, 2.75) is 20.5 Å². The van der Waals surface area contributed by atoms with E-state index in [-0.39, 0.29) is 11.5 Å². The van der Waals surface area contributed by atoms with Crippen LogP contribution in [0.2, 0.25) is 5.02 Å². The highest BCUT2D eigenvalue weighted by atomic mass is 79.9. The van der Waals surface area contributed by atoms with E-state index in [0.29, 0.717) is 39.8 Å². The Morgan fingerprint density at radius 3 is 2.52 bits per heavy atom. The van der Waals surface area contributed by atoms with E-state index in [9.17, 15) is 14.4 Å². The van der Waals surface area contributed by atoms with E-state index >= 15 is 0 Å². The molecule has 2 amide bonds. The fraction of sp³-hybridized carbons (Fsp3) is 0.261. The number of carbonyl (C=O) groups excluding carboxylic acids is 3. The number of rotatable bonds is 9. The molecule has 1 fully saturated rings. The average Bonchev–Trinajstić information content (AvgIpc) is 3.02. The Bertz CT molecular complexity index is 1090. The summed E-state index contributed by atoms with van der Waals surface area (Å²) < 4.78 is 17.2. The van der Waals surface area contributed by atoms with E-state index in [1.165, 1.54) is 0 Å². The Morgan fingerprint density at radius 2 is 1.85 bits per heavy atom. The molecule has 3 rings (SSSR count). The van der Waals surface area contributed by atoms with Gasteiger partial charge in [0.1, 0.15) is 13.2 Å². The van der Waals surface area contributed by atoms with Crippen LogP contribution in [0.1, 0.15) is 25.0 Å². The normalized spacial score (nSPS) is 14.7. The van der Waals surface area contributed by atoms with Crippen LogP contribution in [-0.4, -0.2) is 41.8 Å². The van der Waals surface area contributed by atoms with Gasteiger partial charge in [-0.25, -0.2) is 0 Å². The Labute approximate surface area is 209 Å². The number of thioether (sulfide) groups is 1. The predicted octanol–water partition coefficient (Wildman–Crippen LogP) is 5.68. The van der Waals surface area contributed by atoms with E-state index in [1.54, 1.807) is 37.3 Å². The van der Waals surface area contributed by atoms with Crippen molar-refractivity contribution in [2.75, 3.05) is 19.8 Å². The summed E-state index contributed by atoms with van der Waals surface area (Å²) in [5, 5.41) is 0.122. The first kappa shape index (κ1) is 25.1. The molecule has 10 heteroatoms. The van der Waals surface area contributed by atoms with Crippen molar-refractivity contribution < 1.29 is 28.6 Å². The number of hydrogen-bond donors (Lipinski definition) is 0. The molecule has 0 bridgehead atoms. The Kier molecular flexibility index (Phi) is 8.82. The molecule has 0 aromatic heterocycles. The third kappa shape index (κ3) is 6.52. The van der Waals surface area contributed by atoms with Crippen LogP contribution in [0.3, 0.4) is 0 Å². The zero-order valence-electron chi connectivity index (χ0n) is 17.9. The standard InChI is InChI=1S/C23H21BrClNO6S/c1-3-30-18-10-15(9-17(24)21(18)32-13-14-5-7-16(25)8-6-14)11-19-22(28)26(23(29)33-19)12-20(27)31-4-2/h5-11H,3-4,12-13H2,1-2H3/b19-11+. The van der Waals surface area contributed by atoms with Gasteiger partial charge in [-0.3, -0.25) is 19.3 Å². The summed E-state index contributed by atoms with van der Waals surface area (Å²) in [7, 11) is 0. The minimum absolute atomic E-state index is 0.172. The van der Waals surface area contributed by atoms with Crippen LogP contribution in [0.5, 0.6) is 11.5 Å². The minimum Gasteiger partial charge on any atom is -0.490 e. The third-order valence-electron chi connectivity index (χ3n) is 4.39. The van der Waals surface area contributed by atoms with Crippen LogP contribution in [0.15, 0.2) is 45.8 Å². The number of halogens is 2. The molecule has 0 saturated carbocycles. The zero-order chi connectivity index (χ0) is 24.0. The molecule has 33 heavy (non-hydrogen) atoms. The van der Waals surface area contributed by atoms with Crippen molar-refractivity contribution in [1.29, 1.82) is 0 Å². The Morgan fingerprint density at radius 1 is 1.12 bits per heavy atom. The summed E-state index contributed by atoms with van der Waals surface area (Å²) in [4.78, 5) is 37.6. The van der Waals surface area contributed by atoms with Crippen LogP contribution in [0, 0.1) is 0 Å². The minimum atomic E-state index is -0.635. The molecule has 2 aromatic carbocycles. The van der Waals surface area contributed by atoms with Gasteiger partial charge in [0.15, 0.2) is 11.5 Å². The van der Waals surface area contributed by atoms with Gasteiger partial charge >= 0.3 is 5.97 Å². The Balaban J connectivity index is 1.81. The van der Waals surface area contributed by atoms with Crippen molar-refractivity contribution in [3.05, 3.63) is 61.9 Å².